The number of ether oxygens (including phenoxy) is 1. The molecule has 298 valence electrons. The predicted molar refractivity (Wildman–Crippen MR) is 228 cm³/mol. The number of carbonyl (C=O) groups is 3. The third kappa shape index (κ3) is 13.7. The molecule has 8 heteroatoms. The molecule has 3 amide bonds. The minimum atomic E-state index is -0.270. The van der Waals surface area contributed by atoms with Crippen LogP contribution in [0, 0.1) is 11.8 Å². The van der Waals surface area contributed by atoms with Gasteiger partial charge in [-0.05, 0) is 85.9 Å². The minimum Gasteiger partial charge on any atom is -0.445 e. The summed E-state index contributed by atoms with van der Waals surface area (Å²) in [6, 6.07) is 40.4. The molecule has 2 atom stereocenters. The van der Waals surface area contributed by atoms with E-state index in [1.807, 2.05) is 103 Å². The average molecular weight is 759 g/mol. The zero-order valence-electron chi connectivity index (χ0n) is 33.6. The maximum atomic E-state index is 12.6. The second-order valence-corrected chi connectivity index (χ2v) is 15.1. The van der Waals surface area contributed by atoms with Crippen molar-refractivity contribution in [1.29, 1.82) is 0 Å². The largest absolute Gasteiger partial charge is 0.445 e. The molecule has 2 aliphatic heterocycles. The van der Waals surface area contributed by atoms with Crippen LogP contribution in [0.1, 0.15) is 76.3 Å². The van der Waals surface area contributed by atoms with Crippen LogP contribution in [-0.2, 0) is 27.4 Å². The number of likely N-dealkylation sites (tertiary alicyclic amines) is 2. The zero-order valence-corrected chi connectivity index (χ0v) is 33.6. The number of hydrogen-bond acceptors (Lipinski definition) is 5. The molecule has 0 radical (unpaired) electrons. The van der Waals surface area contributed by atoms with Crippen molar-refractivity contribution >= 4 is 29.3 Å². The van der Waals surface area contributed by atoms with Crippen molar-refractivity contribution in [3.63, 3.8) is 0 Å². The van der Waals surface area contributed by atoms with Crippen molar-refractivity contribution in [3.05, 3.63) is 132 Å². The van der Waals surface area contributed by atoms with E-state index >= 15 is 0 Å². The quantitative estimate of drug-likeness (QED) is 0.136. The van der Waals surface area contributed by atoms with E-state index in [1.54, 1.807) is 4.90 Å². The fraction of sp³-hybridized carbons (Fsp3) is 0.438. The van der Waals surface area contributed by atoms with E-state index in [4.69, 9.17) is 4.74 Å². The Bertz CT molecular complexity index is 1720. The van der Waals surface area contributed by atoms with E-state index in [1.165, 1.54) is 31.4 Å². The third-order valence-electron chi connectivity index (χ3n) is 10.9. The number of rotatable bonds is 13. The highest BCUT2D eigenvalue weighted by atomic mass is 16.6. The Morgan fingerprint density at radius 1 is 0.589 bits per heavy atom. The molecule has 2 unspecified atom stereocenters. The summed E-state index contributed by atoms with van der Waals surface area (Å²) in [6.45, 7) is 10.3. The highest BCUT2D eigenvalue weighted by Gasteiger charge is 2.27. The molecule has 8 nitrogen and oxygen atoms in total. The van der Waals surface area contributed by atoms with Crippen molar-refractivity contribution in [3.8, 4) is 0 Å². The lowest BCUT2D eigenvalue weighted by Gasteiger charge is -2.30. The Balaban J connectivity index is 0.000000215. The van der Waals surface area contributed by atoms with Crippen molar-refractivity contribution < 1.29 is 19.1 Å². The molecule has 2 fully saturated rings. The van der Waals surface area contributed by atoms with E-state index in [-0.39, 0.29) is 30.4 Å². The van der Waals surface area contributed by atoms with Gasteiger partial charge in [-0.15, -0.1) is 0 Å². The first-order valence-corrected chi connectivity index (χ1v) is 20.9. The van der Waals surface area contributed by atoms with Gasteiger partial charge < -0.3 is 24.3 Å². The predicted octanol–water partition coefficient (Wildman–Crippen LogP) is 9.64. The Hall–Kier alpha value is -4.95. The fourth-order valence-electron chi connectivity index (χ4n) is 7.77. The molecule has 56 heavy (non-hydrogen) atoms. The van der Waals surface area contributed by atoms with Gasteiger partial charge in [0.25, 0.3) is 0 Å². The van der Waals surface area contributed by atoms with Gasteiger partial charge in [-0.2, -0.15) is 0 Å². The van der Waals surface area contributed by atoms with Crippen LogP contribution in [0.4, 0.5) is 16.2 Å². The summed E-state index contributed by atoms with van der Waals surface area (Å²) in [5.74, 6) is 1.11. The van der Waals surface area contributed by atoms with Crippen LogP contribution in [0.2, 0.25) is 0 Å². The van der Waals surface area contributed by atoms with Crippen molar-refractivity contribution in [1.82, 2.24) is 9.80 Å². The number of para-hydroxylation sites is 2. The van der Waals surface area contributed by atoms with Gasteiger partial charge in [-0.25, -0.2) is 4.79 Å². The number of anilines is 2. The SMILES string of the molecule is CCC(=O)N(CC1CCCCN(C(=O)OCc2ccccc2)C1)c1ccccc1.CCC(=O)N(CC1CCCCN(CCc2ccccc2)C1)c1ccccc1. The van der Waals surface area contributed by atoms with Gasteiger partial charge >= 0.3 is 6.09 Å². The summed E-state index contributed by atoms with van der Waals surface area (Å²) >= 11 is 0. The minimum absolute atomic E-state index is 0.110. The van der Waals surface area contributed by atoms with Gasteiger partial charge in [0.15, 0.2) is 0 Å². The lowest BCUT2D eigenvalue weighted by Crippen LogP contribution is -2.41. The summed E-state index contributed by atoms with van der Waals surface area (Å²) in [5.41, 5.74) is 4.34. The van der Waals surface area contributed by atoms with Gasteiger partial charge in [0.05, 0.1) is 0 Å². The number of benzene rings is 4. The van der Waals surface area contributed by atoms with Crippen LogP contribution in [0.25, 0.3) is 0 Å². The van der Waals surface area contributed by atoms with Gasteiger partial charge in [0.1, 0.15) is 6.61 Å². The van der Waals surface area contributed by atoms with E-state index < -0.39 is 0 Å². The summed E-state index contributed by atoms with van der Waals surface area (Å²) in [6.07, 6.45) is 8.60. The molecular weight excluding hydrogens is 697 g/mol. The van der Waals surface area contributed by atoms with Gasteiger partial charge in [-0.1, -0.05) is 124 Å². The monoisotopic (exact) mass is 758 g/mol. The first-order chi connectivity index (χ1) is 27.4. The molecule has 0 saturated carbocycles. The number of hydrogen-bond donors (Lipinski definition) is 0. The Morgan fingerprint density at radius 2 is 1.05 bits per heavy atom. The fourth-order valence-corrected chi connectivity index (χ4v) is 7.77. The first-order valence-electron chi connectivity index (χ1n) is 20.9. The normalized spacial score (nSPS) is 17.4. The lowest BCUT2D eigenvalue weighted by molar-refractivity contribution is -0.119. The first kappa shape index (κ1) is 42.2. The van der Waals surface area contributed by atoms with Crippen molar-refractivity contribution in [2.75, 3.05) is 55.6 Å². The number of amides is 3. The van der Waals surface area contributed by atoms with Crippen LogP contribution in [0.15, 0.2) is 121 Å². The van der Waals surface area contributed by atoms with Gasteiger partial charge in [0, 0.05) is 63.5 Å². The van der Waals surface area contributed by atoms with Crippen LogP contribution < -0.4 is 9.80 Å². The molecule has 0 aliphatic carbocycles. The molecule has 6 rings (SSSR count). The molecule has 4 aromatic rings. The summed E-state index contributed by atoms with van der Waals surface area (Å²) in [4.78, 5) is 46.1. The maximum absolute atomic E-state index is 12.6. The van der Waals surface area contributed by atoms with E-state index in [2.05, 4.69) is 47.4 Å². The Kier molecular flexibility index (Phi) is 17.5. The molecule has 2 aliphatic rings. The summed E-state index contributed by atoms with van der Waals surface area (Å²) < 4.78 is 5.54. The van der Waals surface area contributed by atoms with E-state index in [0.717, 1.165) is 62.3 Å². The van der Waals surface area contributed by atoms with E-state index in [9.17, 15) is 14.4 Å². The molecular formula is C48H62N4O4. The second kappa shape index (κ2) is 23.2. The molecule has 0 N–H and O–H groups in total. The Labute approximate surface area is 335 Å². The number of carbonyl (C=O) groups excluding carboxylic acids is 3. The van der Waals surface area contributed by atoms with Crippen molar-refractivity contribution in [2.24, 2.45) is 11.8 Å². The molecule has 2 heterocycles. The molecule has 2 saturated heterocycles. The smallest absolute Gasteiger partial charge is 0.410 e. The van der Waals surface area contributed by atoms with Gasteiger partial charge in [0.2, 0.25) is 11.8 Å². The van der Waals surface area contributed by atoms with Gasteiger partial charge in [-0.3, -0.25) is 9.59 Å². The van der Waals surface area contributed by atoms with E-state index in [0.29, 0.717) is 38.4 Å². The summed E-state index contributed by atoms with van der Waals surface area (Å²) in [5, 5.41) is 0. The standard InChI is InChI=1S/C24H30N2O3.C24H32N2O/c1-2-23(27)26(22-14-7-4-8-15-22)18-21-13-9-10-16-25(17-21)24(28)29-19-20-11-5-3-6-12-20;1-2-24(27)26(23-14-7-4-8-15-23)20-22-13-9-10-17-25(19-22)18-16-21-11-5-3-6-12-21/h3-8,11-12,14-15,21H,2,9-10,13,16-19H2,1H3;3-8,11-12,14-15,22H,2,9-10,13,16-20H2,1H3. The maximum Gasteiger partial charge on any atom is 0.410 e. The molecule has 0 aromatic heterocycles. The van der Waals surface area contributed by atoms with Crippen molar-refractivity contribution in [2.45, 2.75) is 78.2 Å². The van der Waals surface area contributed by atoms with Crippen LogP contribution >= 0.6 is 0 Å². The highest BCUT2D eigenvalue weighted by molar-refractivity contribution is 5.93. The number of nitrogens with zero attached hydrogens (tertiary/aromatic N) is 4. The van der Waals surface area contributed by atoms with Crippen LogP contribution in [0.5, 0.6) is 0 Å². The second-order valence-electron chi connectivity index (χ2n) is 15.1. The molecule has 0 spiro atoms. The molecule has 0 bridgehead atoms. The third-order valence-corrected chi connectivity index (χ3v) is 10.9. The van der Waals surface area contributed by atoms with Crippen LogP contribution in [-0.4, -0.2) is 73.5 Å². The summed E-state index contributed by atoms with van der Waals surface area (Å²) in [7, 11) is 0. The Morgan fingerprint density at radius 3 is 1.57 bits per heavy atom. The average Bonchev–Trinajstić information content (AvgIpc) is 3.65. The topological polar surface area (TPSA) is 73.4 Å². The van der Waals surface area contributed by atoms with Crippen LogP contribution in [0.3, 0.4) is 0 Å². The zero-order chi connectivity index (χ0) is 39.4. The highest BCUT2D eigenvalue weighted by Crippen LogP contribution is 2.24. The molecule has 4 aromatic carbocycles. The lowest BCUT2D eigenvalue weighted by atomic mass is 10.0.